The molecule has 29 nitrogen and oxygen atoms in total. The Morgan fingerprint density at radius 3 is 1.01 bits per heavy atom. The van der Waals surface area contributed by atoms with Crippen LogP contribution in [0.4, 0.5) is 0 Å². The second-order valence-electron chi connectivity index (χ2n) is 42.8. The first kappa shape index (κ1) is 84.9. The maximum Gasteiger partial charge on any atom is 0.294 e. The molecule has 10 N–H and O–H groups in total. The van der Waals surface area contributed by atoms with E-state index in [0.29, 0.717) is 57.2 Å². The fourth-order valence-electron chi connectivity index (χ4n) is 32.9. The largest absolute Gasteiger partial charge is 0.325 e. The van der Waals surface area contributed by atoms with Crippen LogP contribution in [0.15, 0.2) is 0 Å². The van der Waals surface area contributed by atoms with Crippen LogP contribution in [0.5, 0.6) is 0 Å². The van der Waals surface area contributed by atoms with Crippen LogP contribution in [0, 0.1) is 156 Å². The van der Waals surface area contributed by atoms with Crippen molar-refractivity contribution in [3.63, 3.8) is 0 Å². The minimum Gasteiger partial charge on any atom is -0.325 e. The molecule has 0 aromatic heterocycles. The van der Waals surface area contributed by atoms with E-state index in [2.05, 4.69) is 56.1 Å². The molecule has 22 unspecified atom stereocenters. The van der Waals surface area contributed by atoms with E-state index < -0.39 is 42.7 Å². The third kappa shape index (κ3) is 20.2. The molecular weight excluding hydrogens is 1400 g/mol. The van der Waals surface area contributed by atoms with Gasteiger partial charge in [-0.25, -0.2) is 0 Å². The van der Waals surface area contributed by atoms with Gasteiger partial charge in [-0.3, -0.25) is 0 Å². The molecule has 20 aliphatic carbocycles. The van der Waals surface area contributed by atoms with Crippen LogP contribution < -0.4 is 28.7 Å². The molecule has 22 atom stereocenters. The van der Waals surface area contributed by atoms with Crippen molar-refractivity contribution in [2.24, 2.45) is 124 Å². The molecule has 29 heteroatoms. The van der Waals surface area contributed by atoms with Crippen molar-refractivity contribution in [1.82, 2.24) is 0 Å². The van der Waals surface area contributed by atoms with Crippen LogP contribution in [0.25, 0.3) is 0 Å². The predicted molar refractivity (Wildman–Crippen MR) is 407 cm³/mol. The van der Waals surface area contributed by atoms with Gasteiger partial charge in [-0.15, -0.1) is 60.7 Å². The first-order valence-electron chi connectivity index (χ1n) is 42.5. The quantitative estimate of drug-likeness (QED) is 0.0227. The highest BCUT2D eigenvalue weighted by Gasteiger charge is 2.67. The minimum atomic E-state index is -0.730. The van der Waals surface area contributed by atoms with Crippen LogP contribution in [0.3, 0.4) is 0 Å². The van der Waals surface area contributed by atoms with E-state index in [1.807, 2.05) is 0 Å². The Hall–Kier alpha value is -5.00. The number of hydrogen-bond donors (Lipinski definition) is 5. The highest BCUT2D eigenvalue weighted by molar-refractivity contribution is 5.21. The molecule has 109 heavy (non-hydrogen) atoms. The zero-order valence-electron chi connectivity index (χ0n) is 67.6. The van der Waals surface area contributed by atoms with Crippen molar-refractivity contribution < 1.29 is 59.5 Å². The zero-order chi connectivity index (χ0) is 79.3. The van der Waals surface area contributed by atoms with E-state index >= 15 is 0 Å². The Balaban J connectivity index is 0.000000136. The van der Waals surface area contributed by atoms with Crippen molar-refractivity contribution >= 4 is 0 Å². The lowest BCUT2D eigenvalue weighted by atomic mass is 9.40. The molecule has 20 rings (SSSR count). The van der Waals surface area contributed by atoms with E-state index in [9.17, 15) is 60.7 Å². The summed E-state index contributed by atoms with van der Waals surface area (Å²) < 4.78 is 0. The maximum atomic E-state index is 10.6. The van der Waals surface area contributed by atoms with Gasteiger partial charge in [0, 0.05) is 27.7 Å². The Morgan fingerprint density at radius 2 is 0.633 bits per heavy atom. The van der Waals surface area contributed by atoms with Gasteiger partial charge < -0.3 is 57.7 Å². The fourth-order valence-corrected chi connectivity index (χ4v) is 32.9. The summed E-state index contributed by atoms with van der Waals surface area (Å²) in [6.45, 7) is 17.9. The average molecular weight is 1540 g/mol. The van der Waals surface area contributed by atoms with Gasteiger partial charge in [0.2, 0.25) is 0 Å². The van der Waals surface area contributed by atoms with Crippen molar-refractivity contribution in [2.75, 3.05) is 26.4 Å². The number of nitrogens with zero attached hydrogens (tertiary/aromatic N) is 6. The van der Waals surface area contributed by atoms with Gasteiger partial charge in [0.05, 0.1) is 19.8 Å². The van der Waals surface area contributed by atoms with E-state index in [1.54, 1.807) is 13.8 Å². The van der Waals surface area contributed by atoms with Gasteiger partial charge in [0.25, 0.3) is 30.5 Å². The van der Waals surface area contributed by atoms with Gasteiger partial charge in [0.1, 0.15) is 18.8 Å². The van der Waals surface area contributed by atoms with Crippen LogP contribution in [0.2, 0.25) is 0 Å². The molecule has 0 saturated heterocycles. The average Bonchev–Trinajstić information content (AvgIpc) is 0.738. The summed E-state index contributed by atoms with van der Waals surface area (Å²) in [4.78, 5) is 90.9. The fraction of sp³-hybridized carbons (Fsp3) is 1.00. The lowest BCUT2D eigenvalue weighted by molar-refractivity contribution is -0.768. The molecule has 0 heterocycles. The SMILES string of the molecule is CC(CC12CC3CC(N)(C1)CC(CC(C)O[N+](=O)[O-])(C3)C2)O[N+](=O)[O-].CCC(C)CC12CC3CC(N)(C1)CC(CC(C)CO[N+](=O)[O-])(C3)C2.CCC12CC3CC(N)(C1)CC(CO[N+](=O)[O-])(C3)C2.CCCC12CC3CC(N)(C1)CC(CCO[N+](=O)[O-])(C3)C2.CCCCC12CC3CC(N)(C1)CC(CCCO[N+](=O)[O-])(C3)C2. The molecule has 20 bridgehead atoms. The topological polar surface area (TPSA) is 444 Å². The molecule has 20 fully saturated rings. The second kappa shape index (κ2) is 31.7. The summed E-state index contributed by atoms with van der Waals surface area (Å²) in [7, 11) is 0. The molecule has 0 amide bonds. The first-order chi connectivity index (χ1) is 50.9. The van der Waals surface area contributed by atoms with Gasteiger partial charge in [-0.1, -0.05) is 73.6 Å². The standard InChI is InChI=1S/C19H34N2O3.C17H30N2O3.C16H27N3O6.C15H26N2O3.C13H22N2O3/c1-4-14(2)5-17-7-16-8-18(11-17,13-19(20,9-16)12-17)6-15(3)10-24-21(22)23;1-2-3-5-15-8-14-9-16(11-15,6-4-7-22-19(20)21)13-17(18,10-14)12-15;1-11(24-18(20)21)3-14-5-13-6-15(8-14,4-12(2)25-19(22)23)10-16(17,7-13)9-14;1-2-3-13-6-12-7-14(9-13,4-5-20-17(18)19)11-15(16,8-12)10-13;1-2-11-3-10-4-12(6-11,9-18-15(16)17)8-13(14,5-10)7-11/h14-16H,4-13,20H2,1-3H3;14H,2-13,18H2,1H3;11-13H,3-10,17H2,1-2H3;12H,2-11,16H2,1H3;10H,2-9,14H2,1H3. The number of rotatable bonds is 34. The number of unbranched alkanes of at least 4 members (excludes halogenated alkanes) is 1. The van der Waals surface area contributed by atoms with E-state index in [-0.39, 0.29) is 81.7 Å². The normalized spacial score (nSPS) is 44.0. The lowest BCUT2D eigenvalue weighted by Crippen LogP contribution is -2.64. The lowest BCUT2D eigenvalue weighted by Gasteiger charge is -2.67. The van der Waals surface area contributed by atoms with Crippen molar-refractivity contribution in [2.45, 2.75) is 378 Å². The highest BCUT2D eigenvalue weighted by Crippen LogP contribution is 2.74. The Labute approximate surface area is 646 Å². The van der Waals surface area contributed by atoms with Crippen LogP contribution in [-0.4, -0.2) is 96.8 Å². The third-order valence-electron chi connectivity index (χ3n) is 31.4. The molecule has 622 valence electrons. The van der Waals surface area contributed by atoms with Gasteiger partial charge >= 0.3 is 0 Å². The van der Waals surface area contributed by atoms with E-state index in [0.717, 1.165) is 152 Å². The van der Waals surface area contributed by atoms with Gasteiger partial charge in [-0.2, -0.15) is 0 Å². The number of nitrogens with two attached hydrogens (primary N) is 5. The van der Waals surface area contributed by atoms with Crippen LogP contribution in [0.1, 0.15) is 338 Å². The predicted octanol–water partition coefficient (Wildman–Crippen LogP) is 16.1. The van der Waals surface area contributed by atoms with Crippen LogP contribution in [-0.2, 0) is 29.0 Å². The van der Waals surface area contributed by atoms with Crippen molar-refractivity contribution in [1.29, 1.82) is 0 Å². The van der Waals surface area contributed by atoms with Crippen molar-refractivity contribution in [3.05, 3.63) is 60.7 Å². The molecule has 0 aromatic rings. The Bertz CT molecular complexity index is 3240. The minimum absolute atomic E-state index is 0.0105. The summed E-state index contributed by atoms with van der Waals surface area (Å²) in [5, 5.41) is 58.8. The summed E-state index contributed by atoms with van der Waals surface area (Å²) in [6.07, 6.45) is 48.2. The molecule has 20 aliphatic rings. The third-order valence-corrected chi connectivity index (χ3v) is 31.4. The Morgan fingerprint density at radius 1 is 0.321 bits per heavy atom. The molecule has 20 saturated carbocycles. The van der Waals surface area contributed by atoms with E-state index in [1.165, 1.54) is 141 Å². The molecule has 0 aliphatic heterocycles. The maximum absolute atomic E-state index is 10.6. The van der Waals surface area contributed by atoms with Gasteiger partial charge in [-0.05, 0) is 360 Å². The molecule has 0 aromatic carbocycles. The Kier molecular flexibility index (Phi) is 24.7. The first-order valence-corrected chi connectivity index (χ1v) is 42.5. The summed E-state index contributed by atoms with van der Waals surface area (Å²) in [5.41, 5.74) is 35.5. The smallest absolute Gasteiger partial charge is 0.294 e. The monoisotopic (exact) mass is 1540 g/mol. The summed E-state index contributed by atoms with van der Waals surface area (Å²) in [5.74, 6) is 4.40. The van der Waals surface area contributed by atoms with Gasteiger partial charge in [0.15, 0.2) is 0 Å². The zero-order valence-corrected chi connectivity index (χ0v) is 67.6. The van der Waals surface area contributed by atoms with Crippen molar-refractivity contribution in [3.8, 4) is 0 Å². The summed E-state index contributed by atoms with van der Waals surface area (Å²) >= 11 is 0. The molecule has 0 spiro atoms. The molecular formula is C80H139N11O18. The second-order valence-corrected chi connectivity index (χ2v) is 42.8. The summed E-state index contributed by atoms with van der Waals surface area (Å²) in [6, 6.07) is 0. The number of hydrogen-bond acceptors (Lipinski definition) is 23. The van der Waals surface area contributed by atoms with E-state index in [4.69, 9.17) is 43.2 Å². The highest BCUT2D eigenvalue weighted by atomic mass is 17.0. The molecule has 0 radical (unpaired) electrons. The van der Waals surface area contributed by atoms with Crippen LogP contribution >= 0.6 is 0 Å².